The standard InChI is InChI=1S/C30H33NO5/c1-20-9-10-22(18-31-13-4-3-8-26(31)30(32)33)16-28(20)36-19-24-6-5-7-25(21(24)2)23-11-12-27-29(17-23)35-15-14-34-27/h5-7,9-12,16-17,26H,3-4,8,13-15,18-19H2,1-2H3,(H,32,33)/t26-/m0/s1. The molecule has 0 aromatic heterocycles. The first-order valence-corrected chi connectivity index (χ1v) is 12.7. The number of fused-ring (bicyclic) bond motifs is 1. The summed E-state index contributed by atoms with van der Waals surface area (Å²) in [6, 6.07) is 18.1. The Balaban J connectivity index is 1.32. The number of aliphatic carboxylic acids is 1. The number of nitrogens with zero attached hydrogens (tertiary/aromatic N) is 1. The van der Waals surface area contributed by atoms with Gasteiger partial charge in [0.15, 0.2) is 11.5 Å². The van der Waals surface area contributed by atoms with Gasteiger partial charge in [-0.1, -0.05) is 42.8 Å². The van der Waals surface area contributed by atoms with Crippen molar-refractivity contribution in [1.29, 1.82) is 0 Å². The minimum atomic E-state index is -0.730. The van der Waals surface area contributed by atoms with E-state index in [-0.39, 0.29) is 0 Å². The second-order valence-corrected chi connectivity index (χ2v) is 9.66. The summed E-state index contributed by atoms with van der Waals surface area (Å²) in [5.74, 6) is 1.68. The molecule has 6 nitrogen and oxygen atoms in total. The Morgan fingerprint density at radius 2 is 1.86 bits per heavy atom. The highest BCUT2D eigenvalue weighted by atomic mass is 16.6. The van der Waals surface area contributed by atoms with Crippen LogP contribution in [0.25, 0.3) is 11.1 Å². The van der Waals surface area contributed by atoms with E-state index in [1.165, 1.54) is 5.56 Å². The number of piperidine rings is 1. The number of carboxylic acid groups (broad SMARTS) is 1. The molecule has 2 heterocycles. The molecule has 1 fully saturated rings. The van der Waals surface area contributed by atoms with Crippen molar-refractivity contribution < 1.29 is 24.1 Å². The third kappa shape index (κ3) is 5.19. The van der Waals surface area contributed by atoms with Gasteiger partial charge < -0.3 is 19.3 Å². The molecular formula is C30H33NO5. The van der Waals surface area contributed by atoms with E-state index in [4.69, 9.17) is 14.2 Å². The van der Waals surface area contributed by atoms with Crippen molar-refractivity contribution in [2.45, 2.75) is 52.3 Å². The molecule has 0 amide bonds. The molecule has 1 N–H and O–H groups in total. The molecule has 1 saturated heterocycles. The van der Waals surface area contributed by atoms with E-state index in [0.29, 0.717) is 32.8 Å². The summed E-state index contributed by atoms with van der Waals surface area (Å²) < 4.78 is 17.7. The molecule has 0 bridgehead atoms. The zero-order valence-electron chi connectivity index (χ0n) is 21.0. The highest BCUT2D eigenvalue weighted by molar-refractivity contribution is 5.73. The number of rotatable bonds is 7. The van der Waals surface area contributed by atoms with Gasteiger partial charge in [-0.15, -0.1) is 0 Å². The minimum Gasteiger partial charge on any atom is -0.489 e. The molecule has 0 spiro atoms. The lowest BCUT2D eigenvalue weighted by molar-refractivity contribution is -0.144. The molecular weight excluding hydrogens is 454 g/mol. The molecule has 3 aromatic rings. The second kappa shape index (κ2) is 10.6. The van der Waals surface area contributed by atoms with Crippen LogP contribution in [-0.4, -0.2) is 41.8 Å². The summed E-state index contributed by atoms with van der Waals surface area (Å²) >= 11 is 0. The first kappa shape index (κ1) is 24.2. The SMILES string of the molecule is Cc1ccc(CN2CCCC[C@H]2C(=O)O)cc1OCc1cccc(-c2ccc3c(c2)OCCO3)c1C. The Labute approximate surface area is 212 Å². The molecule has 6 heteroatoms. The molecule has 0 unspecified atom stereocenters. The molecule has 1 atom stereocenters. The number of likely N-dealkylation sites (tertiary alicyclic amines) is 1. The summed E-state index contributed by atoms with van der Waals surface area (Å²) in [6.07, 6.45) is 2.72. The quantitative estimate of drug-likeness (QED) is 0.457. The van der Waals surface area contributed by atoms with Crippen molar-refractivity contribution >= 4 is 5.97 Å². The Kier molecular flexibility index (Phi) is 7.14. The van der Waals surface area contributed by atoms with Crippen molar-refractivity contribution in [2.24, 2.45) is 0 Å². The van der Waals surface area contributed by atoms with E-state index in [1.54, 1.807) is 0 Å². The second-order valence-electron chi connectivity index (χ2n) is 9.66. The van der Waals surface area contributed by atoms with Crippen LogP contribution in [0.15, 0.2) is 54.6 Å². The number of aryl methyl sites for hydroxylation is 1. The number of ether oxygens (including phenoxy) is 3. The Bertz CT molecular complexity index is 1250. The van der Waals surface area contributed by atoms with E-state index in [2.05, 4.69) is 54.3 Å². The van der Waals surface area contributed by atoms with Crippen LogP contribution in [0.4, 0.5) is 0 Å². The molecule has 0 saturated carbocycles. The normalized spacial score (nSPS) is 17.6. The van der Waals surface area contributed by atoms with Gasteiger partial charge >= 0.3 is 5.97 Å². The summed E-state index contributed by atoms with van der Waals surface area (Å²) in [7, 11) is 0. The van der Waals surface area contributed by atoms with Gasteiger partial charge in [0.25, 0.3) is 0 Å². The molecule has 3 aromatic carbocycles. The zero-order chi connectivity index (χ0) is 25.1. The maximum Gasteiger partial charge on any atom is 0.320 e. The fourth-order valence-electron chi connectivity index (χ4n) is 5.11. The van der Waals surface area contributed by atoms with Crippen LogP contribution in [0, 0.1) is 13.8 Å². The number of carboxylic acids is 1. The lowest BCUT2D eigenvalue weighted by Crippen LogP contribution is -2.43. The highest BCUT2D eigenvalue weighted by Gasteiger charge is 2.28. The van der Waals surface area contributed by atoms with E-state index < -0.39 is 12.0 Å². The monoisotopic (exact) mass is 487 g/mol. The van der Waals surface area contributed by atoms with Crippen molar-refractivity contribution in [3.8, 4) is 28.4 Å². The number of hydrogen-bond acceptors (Lipinski definition) is 5. The van der Waals surface area contributed by atoms with Crippen LogP contribution >= 0.6 is 0 Å². The minimum absolute atomic E-state index is 0.407. The number of carbonyl (C=O) groups is 1. The van der Waals surface area contributed by atoms with E-state index in [0.717, 1.165) is 64.5 Å². The smallest absolute Gasteiger partial charge is 0.320 e. The fourth-order valence-corrected chi connectivity index (χ4v) is 5.11. The summed E-state index contributed by atoms with van der Waals surface area (Å²) in [6.45, 7) is 7.19. The summed E-state index contributed by atoms with van der Waals surface area (Å²) in [5, 5.41) is 9.61. The van der Waals surface area contributed by atoms with Gasteiger partial charge in [-0.2, -0.15) is 0 Å². The van der Waals surface area contributed by atoms with Gasteiger partial charge in [0.2, 0.25) is 0 Å². The van der Waals surface area contributed by atoms with Crippen LogP contribution in [0.2, 0.25) is 0 Å². The van der Waals surface area contributed by atoms with Crippen LogP contribution in [0.1, 0.15) is 41.5 Å². The molecule has 188 valence electrons. The molecule has 5 rings (SSSR count). The third-order valence-electron chi connectivity index (χ3n) is 7.22. The largest absolute Gasteiger partial charge is 0.489 e. The average Bonchev–Trinajstić information content (AvgIpc) is 2.89. The first-order chi connectivity index (χ1) is 17.5. The predicted octanol–water partition coefficient (Wildman–Crippen LogP) is 5.76. The van der Waals surface area contributed by atoms with Gasteiger partial charge in [-0.3, -0.25) is 9.69 Å². The zero-order valence-corrected chi connectivity index (χ0v) is 21.0. The lowest BCUT2D eigenvalue weighted by Gasteiger charge is -2.33. The van der Waals surface area contributed by atoms with Gasteiger partial charge in [0.1, 0.15) is 31.6 Å². The van der Waals surface area contributed by atoms with Crippen LogP contribution < -0.4 is 14.2 Å². The predicted molar refractivity (Wildman–Crippen MR) is 139 cm³/mol. The lowest BCUT2D eigenvalue weighted by atomic mass is 9.96. The number of benzene rings is 3. The average molecular weight is 488 g/mol. The highest BCUT2D eigenvalue weighted by Crippen LogP contribution is 2.36. The van der Waals surface area contributed by atoms with Crippen molar-refractivity contribution in [3.05, 3.63) is 76.9 Å². The van der Waals surface area contributed by atoms with Gasteiger partial charge in [-0.25, -0.2) is 0 Å². The Morgan fingerprint density at radius 3 is 2.69 bits per heavy atom. The van der Waals surface area contributed by atoms with Gasteiger partial charge in [0, 0.05) is 6.54 Å². The maximum absolute atomic E-state index is 11.7. The van der Waals surface area contributed by atoms with Crippen molar-refractivity contribution in [1.82, 2.24) is 4.90 Å². The molecule has 2 aliphatic rings. The number of hydrogen-bond donors (Lipinski definition) is 1. The van der Waals surface area contributed by atoms with Crippen LogP contribution in [0.5, 0.6) is 17.2 Å². The van der Waals surface area contributed by atoms with Crippen molar-refractivity contribution in [2.75, 3.05) is 19.8 Å². The van der Waals surface area contributed by atoms with Crippen molar-refractivity contribution in [3.63, 3.8) is 0 Å². The topological polar surface area (TPSA) is 68.2 Å². The maximum atomic E-state index is 11.7. The molecule has 36 heavy (non-hydrogen) atoms. The Morgan fingerprint density at radius 1 is 1.03 bits per heavy atom. The van der Waals surface area contributed by atoms with E-state index in [9.17, 15) is 9.90 Å². The Hall–Kier alpha value is -3.51. The summed E-state index contributed by atoms with van der Waals surface area (Å²) in [4.78, 5) is 13.8. The van der Waals surface area contributed by atoms with E-state index in [1.807, 2.05) is 19.1 Å². The summed E-state index contributed by atoms with van der Waals surface area (Å²) in [5.41, 5.74) is 6.66. The van der Waals surface area contributed by atoms with Crippen LogP contribution in [0.3, 0.4) is 0 Å². The molecule has 2 aliphatic heterocycles. The first-order valence-electron chi connectivity index (χ1n) is 12.7. The molecule has 0 radical (unpaired) electrons. The van der Waals surface area contributed by atoms with Gasteiger partial charge in [0.05, 0.1) is 0 Å². The van der Waals surface area contributed by atoms with Gasteiger partial charge in [-0.05, 0) is 84.8 Å². The third-order valence-corrected chi connectivity index (χ3v) is 7.22. The molecule has 0 aliphatic carbocycles. The fraction of sp³-hybridized carbons (Fsp3) is 0.367. The van der Waals surface area contributed by atoms with Crippen LogP contribution in [-0.2, 0) is 17.9 Å². The van der Waals surface area contributed by atoms with E-state index >= 15 is 0 Å².